The molecular weight excluding hydrogens is 649 g/mol. The van der Waals surface area contributed by atoms with Crippen LogP contribution in [0, 0.1) is 0 Å². The van der Waals surface area contributed by atoms with Crippen LogP contribution in [0.15, 0.2) is 24.3 Å². The first-order valence-electron chi connectivity index (χ1n) is 22.2. The molecule has 0 aliphatic rings. The fourth-order valence-electron chi connectivity index (χ4n) is 6.59. The van der Waals surface area contributed by atoms with Crippen LogP contribution in [0.5, 0.6) is 0 Å². The van der Waals surface area contributed by atoms with E-state index < -0.39 is 12.0 Å². The lowest BCUT2D eigenvalue weighted by molar-refractivity contribution is -0.147. The zero-order valence-electron chi connectivity index (χ0n) is 34.2. The number of carbonyl (C=O) groups is 3. The largest absolute Gasteiger partial charge is 0.480 e. The maximum atomic E-state index is 12.7. The van der Waals surface area contributed by atoms with Crippen LogP contribution < -0.4 is 11.1 Å². The number of hydrogen-bond donors (Lipinski definition) is 3. The molecule has 0 saturated heterocycles. The summed E-state index contributed by atoms with van der Waals surface area (Å²) in [5, 5.41) is 11.9. The summed E-state index contributed by atoms with van der Waals surface area (Å²) >= 11 is 0. The quantitative estimate of drug-likeness (QED) is 0.0328. The van der Waals surface area contributed by atoms with Crippen LogP contribution in [-0.2, 0) is 19.1 Å². The fraction of sp³-hybridized carbons (Fsp3) is 0.844. The van der Waals surface area contributed by atoms with Gasteiger partial charge in [0, 0.05) is 12.8 Å². The van der Waals surface area contributed by atoms with Crippen LogP contribution in [0.4, 0.5) is 0 Å². The van der Waals surface area contributed by atoms with Gasteiger partial charge in [0.1, 0.15) is 12.1 Å². The molecule has 0 aliphatic heterocycles. The number of hydrogen-bond acceptors (Lipinski definition) is 5. The summed E-state index contributed by atoms with van der Waals surface area (Å²) in [7, 11) is 0. The average Bonchev–Trinajstić information content (AvgIpc) is 3.13. The molecule has 0 aliphatic carbocycles. The molecule has 0 fully saturated rings. The van der Waals surface area contributed by atoms with Crippen LogP contribution in [0.3, 0.4) is 0 Å². The normalized spacial score (nSPS) is 12.8. The van der Waals surface area contributed by atoms with Crippen LogP contribution in [-0.4, -0.2) is 41.6 Å². The molecule has 1 amide bonds. The molecule has 0 heterocycles. The van der Waals surface area contributed by atoms with Gasteiger partial charge in [0.15, 0.2) is 0 Å². The third-order valence-electron chi connectivity index (χ3n) is 9.97. The Morgan fingerprint density at radius 1 is 0.558 bits per heavy atom. The Kier molecular flexibility index (Phi) is 38.4. The molecule has 2 unspecified atom stereocenters. The maximum absolute atomic E-state index is 12.7. The van der Waals surface area contributed by atoms with Crippen molar-refractivity contribution in [1.82, 2.24) is 5.32 Å². The Morgan fingerprint density at radius 2 is 1.00 bits per heavy atom. The van der Waals surface area contributed by atoms with Crippen LogP contribution in [0.1, 0.15) is 226 Å². The number of ether oxygens (including phenoxy) is 1. The van der Waals surface area contributed by atoms with E-state index >= 15 is 0 Å². The number of rotatable bonds is 40. The van der Waals surface area contributed by atoms with E-state index in [1.54, 1.807) is 0 Å². The van der Waals surface area contributed by atoms with E-state index in [1.807, 2.05) is 0 Å². The number of nitrogens with two attached hydrogens (primary N) is 1. The minimum absolute atomic E-state index is 0.0617. The third kappa shape index (κ3) is 36.2. The van der Waals surface area contributed by atoms with Crippen molar-refractivity contribution in [1.29, 1.82) is 0 Å². The van der Waals surface area contributed by atoms with E-state index in [0.29, 0.717) is 32.2 Å². The lowest BCUT2D eigenvalue weighted by atomic mass is 10.0. The van der Waals surface area contributed by atoms with Crippen molar-refractivity contribution in [2.75, 3.05) is 6.54 Å². The first-order chi connectivity index (χ1) is 25.4. The number of allylic oxidation sites excluding steroid dienone is 3. The highest BCUT2D eigenvalue weighted by atomic mass is 16.5. The Morgan fingerprint density at radius 3 is 1.50 bits per heavy atom. The summed E-state index contributed by atoms with van der Waals surface area (Å²) in [4.78, 5) is 36.2. The molecule has 4 N–H and O–H groups in total. The predicted molar refractivity (Wildman–Crippen MR) is 220 cm³/mol. The van der Waals surface area contributed by atoms with Crippen molar-refractivity contribution < 1.29 is 24.2 Å². The van der Waals surface area contributed by atoms with Gasteiger partial charge in [0.05, 0.1) is 0 Å². The van der Waals surface area contributed by atoms with Crippen molar-refractivity contribution in [3.63, 3.8) is 0 Å². The van der Waals surface area contributed by atoms with Gasteiger partial charge in [-0.2, -0.15) is 0 Å². The van der Waals surface area contributed by atoms with Gasteiger partial charge in [-0.15, -0.1) is 0 Å². The zero-order chi connectivity index (χ0) is 38.2. The molecule has 0 rings (SSSR count). The first kappa shape index (κ1) is 49.9. The number of carboxylic acid groups (broad SMARTS) is 1. The highest BCUT2D eigenvalue weighted by molar-refractivity contribution is 5.83. The van der Waals surface area contributed by atoms with E-state index in [0.717, 1.165) is 64.2 Å². The number of carbonyl (C=O) groups excluding carboxylic acids is 2. The summed E-state index contributed by atoms with van der Waals surface area (Å²) in [5.41, 5.74) is 5.47. The number of carboxylic acids is 1. The summed E-state index contributed by atoms with van der Waals surface area (Å²) in [6, 6.07) is -0.852. The fourth-order valence-corrected chi connectivity index (χ4v) is 6.59. The molecule has 2 atom stereocenters. The highest BCUT2D eigenvalue weighted by Crippen LogP contribution is 2.16. The molecule has 304 valence electrons. The first-order valence-corrected chi connectivity index (χ1v) is 22.2. The second-order valence-corrected chi connectivity index (χ2v) is 15.1. The summed E-state index contributed by atoms with van der Waals surface area (Å²) < 4.78 is 5.96. The molecule has 0 saturated carbocycles. The minimum atomic E-state index is -1.00. The Hall–Kier alpha value is -2.15. The standard InChI is InChI=1S/C45H84N2O5/c1-3-5-7-9-11-13-14-15-16-17-18-19-20-21-23-29-33-39-44(49)52-41(35-30-26-22-12-10-8-6-4-2)36-31-27-24-25-28-32-38-43(48)47-42(45(50)51)37-34-40-46/h15-16,30,35,41-42H,3-14,17-29,31-34,36-40,46H2,1-2H3,(H,47,48)(H,50,51)/b16-15-,35-30-. The molecular formula is C45H84N2O5. The van der Waals surface area contributed by atoms with E-state index in [2.05, 4.69) is 43.5 Å². The van der Waals surface area contributed by atoms with E-state index in [4.69, 9.17) is 10.5 Å². The summed E-state index contributed by atoms with van der Waals surface area (Å²) in [6.45, 7) is 4.93. The van der Waals surface area contributed by atoms with Gasteiger partial charge in [0.25, 0.3) is 0 Å². The molecule has 0 bridgehead atoms. The van der Waals surface area contributed by atoms with Crippen molar-refractivity contribution in [3.8, 4) is 0 Å². The van der Waals surface area contributed by atoms with Crippen molar-refractivity contribution >= 4 is 17.8 Å². The SMILES string of the molecule is CCCCCCCC/C=C\CCCCCCCCCC(=O)OC(/C=C\CCCCCCCC)CCCCCCCCC(=O)NC(CCCN)C(=O)O. The van der Waals surface area contributed by atoms with Gasteiger partial charge in [-0.05, 0) is 89.7 Å². The molecule has 52 heavy (non-hydrogen) atoms. The Bertz CT molecular complexity index is 874. The minimum Gasteiger partial charge on any atom is -0.480 e. The zero-order valence-corrected chi connectivity index (χ0v) is 34.2. The van der Waals surface area contributed by atoms with Gasteiger partial charge in [-0.1, -0.05) is 154 Å². The lowest BCUT2D eigenvalue weighted by Crippen LogP contribution is -2.40. The van der Waals surface area contributed by atoms with Crippen molar-refractivity contribution in [3.05, 3.63) is 24.3 Å². The molecule has 0 aromatic rings. The van der Waals surface area contributed by atoms with Crippen molar-refractivity contribution in [2.45, 2.75) is 238 Å². The topological polar surface area (TPSA) is 119 Å². The second-order valence-electron chi connectivity index (χ2n) is 15.1. The molecule has 7 heteroatoms. The summed E-state index contributed by atoms with van der Waals surface area (Å²) in [5.74, 6) is -1.26. The predicted octanol–water partition coefficient (Wildman–Crippen LogP) is 12.5. The summed E-state index contributed by atoms with van der Waals surface area (Å²) in [6.07, 6.45) is 45.3. The van der Waals surface area contributed by atoms with Gasteiger partial charge in [-0.3, -0.25) is 9.59 Å². The molecule has 7 nitrogen and oxygen atoms in total. The van der Waals surface area contributed by atoms with E-state index in [1.165, 1.54) is 122 Å². The Balaban J connectivity index is 4.20. The van der Waals surface area contributed by atoms with Crippen LogP contribution in [0.2, 0.25) is 0 Å². The van der Waals surface area contributed by atoms with Gasteiger partial charge >= 0.3 is 11.9 Å². The number of aliphatic carboxylic acids is 1. The van der Waals surface area contributed by atoms with E-state index in [-0.39, 0.29) is 18.0 Å². The molecule has 0 aromatic heterocycles. The monoisotopic (exact) mass is 733 g/mol. The van der Waals surface area contributed by atoms with Crippen molar-refractivity contribution in [2.24, 2.45) is 5.73 Å². The number of amides is 1. The second kappa shape index (κ2) is 40.0. The molecule has 0 radical (unpaired) electrons. The average molecular weight is 733 g/mol. The molecule has 0 spiro atoms. The smallest absolute Gasteiger partial charge is 0.326 e. The van der Waals surface area contributed by atoms with Crippen LogP contribution in [0.25, 0.3) is 0 Å². The molecule has 0 aromatic carbocycles. The number of esters is 1. The van der Waals surface area contributed by atoms with Gasteiger partial charge < -0.3 is 20.9 Å². The highest BCUT2D eigenvalue weighted by Gasteiger charge is 2.18. The lowest BCUT2D eigenvalue weighted by Gasteiger charge is -2.15. The Labute approximate surface area is 321 Å². The maximum Gasteiger partial charge on any atom is 0.326 e. The number of nitrogens with one attached hydrogen (secondary N) is 1. The van der Waals surface area contributed by atoms with E-state index in [9.17, 15) is 19.5 Å². The third-order valence-corrected chi connectivity index (χ3v) is 9.97. The van der Waals surface area contributed by atoms with Crippen LogP contribution >= 0.6 is 0 Å². The van der Waals surface area contributed by atoms with Gasteiger partial charge in [-0.25, -0.2) is 4.79 Å². The number of unbranched alkanes of at least 4 members (excludes halogenated alkanes) is 24. The van der Waals surface area contributed by atoms with Gasteiger partial charge in [0.2, 0.25) is 5.91 Å².